The largest absolute Gasteiger partial charge is 0.378 e. The van der Waals surface area contributed by atoms with Crippen molar-refractivity contribution in [2.75, 3.05) is 36.5 Å². The van der Waals surface area contributed by atoms with E-state index in [1.807, 2.05) is 60.7 Å². The molecule has 0 radical (unpaired) electrons. The molecule has 0 aliphatic carbocycles. The van der Waals surface area contributed by atoms with Crippen LogP contribution in [0.4, 0.5) is 11.5 Å². The number of anilines is 2. The average molecular weight is 486 g/mol. The fraction of sp³-hybridized carbons (Fsp3) is 0.190. The van der Waals surface area contributed by atoms with E-state index < -0.39 is 0 Å². The number of nitrogens with zero attached hydrogens (tertiary/aromatic N) is 3. The van der Waals surface area contributed by atoms with Crippen molar-refractivity contribution in [1.82, 2.24) is 10.2 Å². The van der Waals surface area contributed by atoms with E-state index in [0.29, 0.717) is 18.8 Å². The number of carbonyl (C=O) groups is 1. The van der Waals surface area contributed by atoms with Gasteiger partial charge in [-0.25, -0.2) is 0 Å². The molecule has 0 unspecified atom stereocenters. The Morgan fingerprint density at radius 1 is 1.00 bits per heavy atom. The third kappa shape index (κ3) is 4.48. The summed E-state index contributed by atoms with van der Waals surface area (Å²) in [7, 11) is 0. The monoisotopic (exact) mass is 486 g/mol. The lowest BCUT2D eigenvalue weighted by Crippen LogP contribution is -2.36. The number of hydrogen-bond acceptors (Lipinski definition) is 5. The fourth-order valence-electron chi connectivity index (χ4n) is 3.00. The standard InChI is InChI=1S/C21H19IN4O2/c22-17-6-4-15(5-7-17)21(27)23-18-3-1-2-16(14-18)19-8-9-20(25-24-19)26-10-12-28-13-11-26/h1-9,14H,10-13H2,(H,23,27). The van der Waals surface area contributed by atoms with E-state index in [0.717, 1.165) is 39.4 Å². The maximum atomic E-state index is 12.4. The Bertz CT molecular complexity index is 955. The summed E-state index contributed by atoms with van der Waals surface area (Å²) >= 11 is 2.22. The molecule has 1 aliphatic heterocycles. The molecule has 7 heteroatoms. The Morgan fingerprint density at radius 3 is 2.50 bits per heavy atom. The van der Waals surface area contributed by atoms with Crippen LogP contribution < -0.4 is 10.2 Å². The zero-order valence-electron chi connectivity index (χ0n) is 15.1. The molecule has 1 N–H and O–H groups in total. The van der Waals surface area contributed by atoms with Crippen LogP contribution in [0, 0.1) is 3.57 Å². The number of hydrogen-bond donors (Lipinski definition) is 1. The van der Waals surface area contributed by atoms with Crippen molar-refractivity contribution < 1.29 is 9.53 Å². The number of amides is 1. The van der Waals surface area contributed by atoms with Crippen LogP contribution in [0.3, 0.4) is 0 Å². The molecule has 1 aliphatic rings. The van der Waals surface area contributed by atoms with Gasteiger partial charge in [-0.15, -0.1) is 10.2 Å². The van der Waals surface area contributed by atoms with Crippen molar-refractivity contribution >= 4 is 40.0 Å². The van der Waals surface area contributed by atoms with Gasteiger partial charge in [-0.05, 0) is 71.1 Å². The first-order chi connectivity index (χ1) is 13.7. The van der Waals surface area contributed by atoms with Crippen LogP contribution in [0.1, 0.15) is 10.4 Å². The maximum Gasteiger partial charge on any atom is 0.255 e. The molecule has 2 heterocycles. The van der Waals surface area contributed by atoms with Gasteiger partial charge in [0.15, 0.2) is 5.82 Å². The van der Waals surface area contributed by atoms with Gasteiger partial charge in [-0.3, -0.25) is 4.79 Å². The summed E-state index contributed by atoms with van der Waals surface area (Å²) in [5.74, 6) is 0.720. The van der Waals surface area contributed by atoms with Gasteiger partial charge in [0.2, 0.25) is 0 Å². The third-order valence-corrected chi connectivity index (χ3v) is 5.23. The molecule has 4 rings (SSSR count). The summed E-state index contributed by atoms with van der Waals surface area (Å²) in [6.07, 6.45) is 0. The first kappa shape index (κ1) is 18.8. The van der Waals surface area contributed by atoms with E-state index in [1.54, 1.807) is 0 Å². The number of aromatic nitrogens is 2. The summed E-state index contributed by atoms with van der Waals surface area (Å²) in [5, 5.41) is 11.7. The average Bonchev–Trinajstić information content (AvgIpc) is 2.75. The number of halogens is 1. The molecule has 1 fully saturated rings. The van der Waals surface area contributed by atoms with Gasteiger partial charge >= 0.3 is 0 Å². The summed E-state index contributed by atoms with van der Waals surface area (Å²) < 4.78 is 6.46. The van der Waals surface area contributed by atoms with Crippen LogP contribution in [0.25, 0.3) is 11.3 Å². The fourth-order valence-corrected chi connectivity index (χ4v) is 3.36. The highest BCUT2D eigenvalue weighted by molar-refractivity contribution is 14.1. The normalized spacial score (nSPS) is 14.0. The zero-order valence-corrected chi connectivity index (χ0v) is 17.3. The van der Waals surface area contributed by atoms with E-state index in [9.17, 15) is 4.79 Å². The van der Waals surface area contributed by atoms with Crippen LogP contribution in [0.2, 0.25) is 0 Å². The number of benzene rings is 2. The van der Waals surface area contributed by atoms with Gasteiger partial charge in [0, 0.05) is 33.5 Å². The molecule has 0 bridgehead atoms. The second-order valence-corrected chi connectivity index (χ2v) is 7.66. The Hall–Kier alpha value is -2.52. The number of ether oxygens (including phenoxy) is 1. The van der Waals surface area contributed by atoms with Crippen molar-refractivity contribution in [1.29, 1.82) is 0 Å². The molecule has 0 saturated carbocycles. The minimum Gasteiger partial charge on any atom is -0.378 e. The van der Waals surface area contributed by atoms with E-state index in [4.69, 9.17) is 4.74 Å². The van der Waals surface area contributed by atoms with Crippen molar-refractivity contribution in [3.05, 3.63) is 69.8 Å². The molecule has 1 amide bonds. The van der Waals surface area contributed by atoms with Gasteiger partial charge in [0.05, 0.1) is 18.9 Å². The van der Waals surface area contributed by atoms with E-state index in [-0.39, 0.29) is 5.91 Å². The lowest BCUT2D eigenvalue weighted by Gasteiger charge is -2.27. The van der Waals surface area contributed by atoms with Gasteiger partial charge in [0.25, 0.3) is 5.91 Å². The van der Waals surface area contributed by atoms with E-state index in [2.05, 4.69) is 43.0 Å². The van der Waals surface area contributed by atoms with Crippen LogP contribution in [-0.4, -0.2) is 42.4 Å². The number of rotatable bonds is 4. The molecule has 6 nitrogen and oxygen atoms in total. The minimum atomic E-state index is -0.137. The summed E-state index contributed by atoms with van der Waals surface area (Å²) in [6, 6.07) is 19.0. The molecule has 1 aromatic heterocycles. The minimum absolute atomic E-state index is 0.137. The Labute approximate surface area is 177 Å². The second kappa shape index (κ2) is 8.66. The quantitative estimate of drug-likeness (QED) is 0.568. The molecule has 0 spiro atoms. The van der Waals surface area contributed by atoms with E-state index in [1.165, 1.54) is 0 Å². The van der Waals surface area contributed by atoms with Crippen molar-refractivity contribution in [3.63, 3.8) is 0 Å². The smallest absolute Gasteiger partial charge is 0.255 e. The molecular formula is C21H19IN4O2. The lowest BCUT2D eigenvalue weighted by atomic mass is 10.1. The highest BCUT2D eigenvalue weighted by atomic mass is 127. The van der Waals surface area contributed by atoms with Crippen LogP contribution >= 0.6 is 22.6 Å². The molecule has 3 aromatic rings. The van der Waals surface area contributed by atoms with Crippen molar-refractivity contribution in [2.45, 2.75) is 0 Å². The summed E-state index contributed by atoms with van der Waals surface area (Å²) in [5.41, 5.74) is 3.02. The maximum absolute atomic E-state index is 12.4. The molecule has 142 valence electrons. The number of morpholine rings is 1. The van der Waals surface area contributed by atoms with Gasteiger partial charge in [-0.2, -0.15) is 0 Å². The topological polar surface area (TPSA) is 67.4 Å². The molecule has 0 atom stereocenters. The van der Waals surface area contributed by atoms with Crippen molar-refractivity contribution in [2.24, 2.45) is 0 Å². The Morgan fingerprint density at radius 2 is 1.79 bits per heavy atom. The van der Waals surface area contributed by atoms with Crippen LogP contribution in [-0.2, 0) is 4.74 Å². The molecule has 1 saturated heterocycles. The SMILES string of the molecule is O=C(Nc1cccc(-c2ccc(N3CCOCC3)nn2)c1)c1ccc(I)cc1. The van der Waals surface area contributed by atoms with E-state index >= 15 is 0 Å². The highest BCUT2D eigenvalue weighted by Gasteiger charge is 2.13. The predicted molar refractivity (Wildman–Crippen MR) is 118 cm³/mol. The molecular weight excluding hydrogens is 467 g/mol. The zero-order chi connectivity index (χ0) is 19.3. The molecule has 28 heavy (non-hydrogen) atoms. The summed E-state index contributed by atoms with van der Waals surface area (Å²) in [6.45, 7) is 3.08. The third-order valence-electron chi connectivity index (χ3n) is 4.51. The number of carbonyl (C=O) groups excluding carboxylic acids is 1. The van der Waals surface area contributed by atoms with Crippen LogP contribution in [0.15, 0.2) is 60.7 Å². The Kier molecular flexibility index (Phi) is 5.82. The Balaban J connectivity index is 1.48. The first-order valence-corrected chi connectivity index (χ1v) is 10.1. The predicted octanol–water partition coefficient (Wildman–Crippen LogP) is 3.84. The van der Waals surface area contributed by atoms with Gasteiger partial charge < -0.3 is 15.0 Å². The number of nitrogens with one attached hydrogen (secondary N) is 1. The highest BCUT2D eigenvalue weighted by Crippen LogP contribution is 2.22. The first-order valence-electron chi connectivity index (χ1n) is 9.03. The van der Waals surface area contributed by atoms with Crippen molar-refractivity contribution in [3.8, 4) is 11.3 Å². The van der Waals surface area contributed by atoms with Gasteiger partial charge in [-0.1, -0.05) is 12.1 Å². The second-order valence-electron chi connectivity index (χ2n) is 6.42. The lowest BCUT2D eigenvalue weighted by molar-refractivity contribution is 0.102. The summed E-state index contributed by atoms with van der Waals surface area (Å²) in [4.78, 5) is 14.6. The van der Waals surface area contributed by atoms with Crippen LogP contribution in [0.5, 0.6) is 0 Å². The molecule has 2 aromatic carbocycles. The van der Waals surface area contributed by atoms with Gasteiger partial charge in [0.1, 0.15) is 0 Å².